The van der Waals surface area contributed by atoms with Crippen molar-refractivity contribution in [3.63, 3.8) is 0 Å². The summed E-state index contributed by atoms with van der Waals surface area (Å²) >= 11 is 0. The van der Waals surface area contributed by atoms with E-state index in [-0.39, 0.29) is 13.2 Å². The molecule has 1 fully saturated rings. The van der Waals surface area contributed by atoms with Crippen molar-refractivity contribution in [1.29, 1.82) is 0 Å². The molecule has 1 aliphatic rings. The first-order valence-corrected chi connectivity index (χ1v) is 7.31. The largest absolute Gasteiger partial charge is 0.270 e. The van der Waals surface area contributed by atoms with Gasteiger partial charge in [-0.3, -0.25) is 8.37 Å². The quantitative estimate of drug-likeness (QED) is 0.532. The predicted octanol–water partition coefficient (Wildman–Crippen LogP) is -0.527. The summed E-state index contributed by atoms with van der Waals surface area (Å²) in [6.45, 7) is 0.178. The summed E-state index contributed by atoms with van der Waals surface area (Å²) in [5, 5.41) is 0. The van der Waals surface area contributed by atoms with E-state index in [0.29, 0.717) is 12.8 Å². The Morgan fingerprint density at radius 2 is 1.07 bits per heavy atom. The molecule has 0 spiro atoms. The molecule has 0 N–H and O–H groups in total. The van der Waals surface area contributed by atoms with Crippen LogP contribution in [0.5, 0.6) is 0 Å². The van der Waals surface area contributed by atoms with Crippen LogP contribution in [-0.2, 0) is 28.6 Å². The van der Waals surface area contributed by atoms with Gasteiger partial charge in [0.2, 0.25) is 0 Å². The van der Waals surface area contributed by atoms with Crippen LogP contribution in [0.2, 0.25) is 0 Å². The molecule has 0 radical (unpaired) electrons. The van der Waals surface area contributed by atoms with Crippen molar-refractivity contribution in [2.45, 2.75) is 12.8 Å². The van der Waals surface area contributed by atoms with Gasteiger partial charge >= 0.3 is 0 Å². The molecule has 0 aromatic rings. The van der Waals surface area contributed by atoms with Gasteiger partial charge in [-0.05, 0) is 12.8 Å². The molecule has 0 aliphatic carbocycles. The lowest BCUT2D eigenvalue weighted by molar-refractivity contribution is 0.266. The fourth-order valence-corrected chi connectivity index (χ4v) is 3.51. The van der Waals surface area contributed by atoms with Crippen LogP contribution in [0.15, 0.2) is 0 Å². The van der Waals surface area contributed by atoms with E-state index in [2.05, 4.69) is 8.37 Å². The highest BCUT2D eigenvalue weighted by molar-refractivity contribution is 7.90. The van der Waals surface area contributed by atoms with Gasteiger partial charge in [0.25, 0.3) is 20.2 Å². The van der Waals surface area contributed by atoms with Crippen LogP contribution in [-0.4, -0.2) is 41.6 Å². The summed E-state index contributed by atoms with van der Waals surface area (Å²) in [7, 11) is -7.42. The number of hydrogen-bond donors (Lipinski definition) is 0. The molecule has 1 heterocycles. The Morgan fingerprint density at radius 1 is 0.714 bits per heavy atom. The molecule has 14 heavy (non-hydrogen) atoms. The SMILES string of the molecule is O=S1(=O)CCS(=O)(=O)OCCCCO1. The van der Waals surface area contributed by atoms with E-state index in [4.69, 9.17) is 0 Å². The maximum Gasteiger partial charge on any atom is 0.268 e. The zero-order valence-corrected chi connectivity index (χ0v) is 9.14. The van der Waals surface area contributed by atoms with Crippen molar-refractivity contribution in [2.24, 2.45) is 0 Å². The highest BCUT2D eigenvalue weighted by Gasteiger charge is 2.20. The fraction of sp³-hybridized carbons (Fsp3) is 1.00. The molecular weight excluding hydrogens is 232 g/mol. The lowest BCUT2D eigenvalue weighted by atomic mass is 10.3. The molecule has 1 saturated heterocycles. The average molecular weight is 244 g/mol. The minimum Gasteiger partial charge on any atom is -0.270 e. The summed E-state index contributed by atoms with van der Waals surface area (Å²) in [5.74, 6) is -1.09. The molecule has 0 unspecified atom stereocenters. The van der Waals surface area contributed by atoms with E-state index in [9.17, 15) is 16.8 Å². The van der Waals surface area contributed by atoms with Crippen LogP contribution in [0, 0.1) is 0 Å². The van der Waals surface area contributed by atoms with Crippen molar-refractivity contribution in [1.82, 2.24) is 0 Å². The van der Waals surface area contributed by atoms with E-state index in [1.807, 2.05) is 0 Å². The maximum absolute atomic E-state index is 11.0. The second-order valence-corrected chi connectivity index (χ2v) is 6.39. The van der Waals surface area contributed by atoms with Crippen LogP contribution in [0.3, 0.4) is 0 Å². The Balaban J connectivity index is 2.69. The fourth-order valence-electron chi connectivity index (χ4n) is 0.898. The van der Waals surface area contributed by atoms with E-state index in [0.717, 1.165) is 0 Å². The standard InChI is InChI=1S/C6H12O6S2/c7-13(8)5-6-14(9,10)12-4-2-1-3-11-13/h1-6H2. The topological polar surface area (TPSA) is 86.7 Å². The monoisotopic (exact) mass is 244 g/mol. The molecule has 84 valence electrons. The van der Waals surface area contributed by atoms with Crippen molar-refractivity contribution < 1.29 is 25.2 Å². The molecule has 1 aliphatic heterocycles. The molecule has 0 aromatic carbocycles. The first-order chi connectivity index (χ1) is 6.41. The van der Waals surface area contributed by atoms with Crippen LogP contribution in [0.1, 0.15) is 12.8 Å². The van der Waals surface area contributed by atoms with Crippen LogP contribution in [0.25, 0.3) is 0 Å². The van der Waals surface area contributed by atoms with Crippen molar-refractivity contribution in [2.75, 3.05) is 24.7 Å². The summed E-state index contributed by atoms with van der Waals surface area (Å²) in [5.41, 5.74) is 0. The van der Waals surface area contributed by atoms with Gasteiger partial charge in [0.1, 0.15) is 0 Å². The third-order valence-electron chi connectivity index (χ3n) is 1.65. The molecule has 0 aromatic heterocycles. The number of hydrogen-bond acceptors (Lipinski definition) is 6. The van der Waals surface area contributed by atoms with Crippen molar-refractivity contribution in [3.05, 3.63) is 0 Å². The Morgan fingerprint density at radius 3 is 1.43 bits per heavy atom. The molecule has 0 saturated carbocycles. The average Bonchev–Trinajstić information content (AvgIpc) is 2.08. The lowest BCUT2D eigenvalue weighted by Crippen LogP contribution is -2.23. The summed E-state index contributed by atoms with van der Waals surface area (Å²) in [6.07, 6.45) is 0.934. The third-order valence-corrected chi connectivity index (χ3v) is 4.37. The van der Waals surface area contributed by atoms with Gasteiger partial charge in [-0.1, -0.05) is 0 Å². The summed E-state index contributed by atoms with van der Waals surface area (Å²) in [4.78, 5) is 0. The molecule has 0 amide bonds. The van der Waals surface area contributed by atoms with Gasteiger partial charge in [0.05, 0.1) is 24.7 Å². The van der Waals surface area contributed by atoms with Gasteiger partial charge in [0, 0.05) is 0 Å². The van der Waals surface area contributed by atoms with Crippen molar-refractivity contribution in [3.8, 4) is 0 Å². The van der Waals surface area contributed by atoms with Gasteiger partial charge in [-0.2, -0.15) is 16.8 Å². The van der Waals surface area contributed by atoms with Crippen LogP contribution < -0.4 is 0 Å². The van der Waals surface area contributed by atoms with Gasteiger partial charge in [0.15, 0.2) is 0 Å². The Bertz CT molecular complexity index is 329. The van der Waals surface area contributed by atoms with Gasteiger partial charge in [-0.15, -0.1) is 0 Å². The second-order valence-electron chi connectivity index (χ2n) is 2.87. The minimum atomic E-state index is -3.71. The zero-order chi connectivity index (χ0) is 10.7. The minimum absolute atomic E-state index is 0.0890. The summed E-state index contributed by atoms with van der Waals surface area (Å²) in [6, 6.07) is 0. The first-order valence-electron chi connectivity index (χ1n) is 4.15. The van der Waals surface area contributed by atoms with Crippen LogP contribution >= 0.6 is 0 Å². The molecular formula is C6H12O6S2. The zero-order valence-electron chi connectivity index (χ0n) is 7.51. The highest BCUT2D eigenvalue weighted by Crippen LogP contribution is 2.05. The molecule has 1 rings (SSSR count). The Kier molecular flexibility index (Phi) is 3.87. The van der Waals surface area contributed by atoms with E-state index in [1.165, 1.54) is 0 Å². The van der Waals surface area contributed by atoms with Crippen molar-refractivity contribution >= 4 is 20.2 Å². The van der Waals surface area contributed by atoms with E-state index in [1.54, 1.807) is 0 Å². The Hall–Kier alpha value is -0.180. The maximum atomic E-state index is 11.0. The van der Waals surface area contributed by atoms with Crippen LogP contribution in [0.4, 0.5) is 0 Å². The molecule has 8 heteroatoms. The first kappa shape index (κ1) is 11.9. The highest BCUT2D eigenvalue weighted by atomic mass is 32.2. The predicted molar refractivity (Wildman–Crippen MR) is 48.7 cm³/mol. The third kappa shape index (κ3) is 4.36. The van der Waals surface area contributed by atoms with E-state index < -0.39 is 31.7 Å². The van der Waals surface area contributed by atoms with Gasteiger partial charge in [-0.25, -0.2) is 0 Å². The smallest absolute Gasteiger partial charge is 0.268 e. The lowest BCUT2D eigenvalue weighted by Gasteiger charge is -2.09. The molecule has 6 nitrogen and oxygen atoms in total. The Labute approximate surface area is 83.5 Å². The van der Waals surface area contributed by atoms with Gasteiger partial charge < -0.3 is 0 Å². The number of rotatable bonds is 0. The molecule has 0 atom stereocenters. The second kappa shape index (κ2) is 4.56. The summed E-state index contributed by atoms with van der Waals surface area (Å²) < 4.78 is 53.2. The normalized spacial score (nSPS) is 28.0. The van der Waals surface area contributed by atoms with E-state index >= 15 is 0 Å². The molecule has 0 bridgehead atoms.